The highest BCUT2D eigenvalue weighted by atomic mass is 127. The highest BCUT2D eigenvalue weighted by Gasteiger charge is 2.05. The van der Waals surface area contributed by atoms with Gasteiger partial charge in [-0.25, -0.2) is 4.79 Å². The van der Waals surface area contributed by atoms with Crippen molar-refractivity contribution in [3.63, 3.8) is 0 Å². The molecule has 7 heteroatoms. The van der Waals surface area contributed by atoms with E-state index in [0.29, 0.717) is 19.0 Å². The van der Waals surface area contributed by atoms with Crippen molar-refractivity contribution >= 4 is 40.1 Å². The molecule has 2 N–H and O–H groups in total. The second-order valence-electron chi connectivity index (χ2n) is 4.05. The van der Waals surface area contributed by atoms with Gasteiger partial charge in [0.25, 0.3) is 0 Å². The van der Waals surface area contributed by atoms with E-state index in [1.807, 2.05) is 24.3 Å². The summed E-state index contributed by atoms with van der Waals surface area (Å²) in [6.07, 6.45) is 1.79. The van der Waals surface area contributed by atoms with Crippen LogP contribution >= 0.6 is 22.6 Å². The summed E-state index contributed by atoms with van der Waals surface area (Å²) in [5, 5.41) is 9.65. The molecule has 2 aromatic rings. The number of hydrogen-bond acceptors (Lipinski definition) is 3. The molecule has 1 heterocycles. The van der Waals surface area contributed by atoms with Crippen LogP contribution in [0.4, 0.5) is 16.3 Å². The zero-order chi connectivity index (χ0) is 14.4. The van der Waals surface area contributed by atoms with Crippen LogP contribution in [-0.4, -0.2) is 29.5 Å². The summed E-state index contributed by atoms with van der Waals surface area (Å²) in [5.41, 5.74) is 0.744. The average Bonchev–Trinajstić information content (AvgIpc) is 2.83. The van der Waals surface area contributed by atoms with Crippen molar-refractivity contribution in [1.82, 2.24) is 9.78 Å². The molecule has 0 unspecified atom stereocenters. The van der Waals surface area contributed by atoms with E-state index in [-0.39, 0.29) is 6.03 Å². The van der Waals surface area contributed by atoms with Gasteiger partial charge < -0.3 is 10.1 Å². The number of benzene rings is 1. The first kappa shape index (κ1) is 14.8. The van der Waals surface area contributed by atoms with Crippen LogP contribution in [0.15, 0.2) is 36.5 Å². The van der Waals surface area contributed by atoms with E-state index in [9.17, 15) is 4.79 Å². The van der Waals surface area contributed by atoms with Gasteiger partial charge in [0.2, 0.25) is 0 Å². The lowest BCUT2D eigenvalue weighted by Crippen LogP contribution is -2.20. The van der Waals surface area contributed by atoms with Crippen LogP contribution in [0.5, 0.6) is 0 Å². The highest BCUT2D eigenvalue weighted by molar-refractivity contribution is 14.1. The Balaban J connectivity index is 1.89. The Morgan fingerprint density at radius 2 is 2.25 bits per heavy atom. The van der Waals surface area contributed by atoms with Gasteiger partial charge in [-0.05, 0) is 40.8 Å². The lowest BCUT2D eigenvalue weighted by atomic mass is 10.3. The largest absolute Gasteiger partial charge is 0.383 e. The third kappa shape index (κ3) is 4.49. The number of nitrogens with zero attached hydrogens (tertiary/aromatic N) is 2. The lowest BCUT2D eigenvalue weighted by molar-refractivity contribution is 0.183. The molecule has 0 fully saturated rings. The summed E-state index contributed by atoms with van der Waals surface area (Å²) in [6.45, 7) is 1.23. The Morgan fingerprint density at radius 3 is 3.00 bits per heavy atom. The summed E-state index contributed by atoms with van der Waals surface area (Å²) in [6, 6.07) is 8.99. The zero-order valence-corrected chi connectivity index (χ0v) is 13.1. The SMILES string of the molecule is COCCn1ccc(NC(=O)Nc2cccc(I)c2)n1. The molecular weight excluding hydrogens is 371 g/mol. The van der Waals surface area contributed by atoms with E-state index < -0.39 is 0 Å². The summed E-state index contributed by atoms with van der Waals surface area (Å²) in [7, 11) is 1.64. The highest BCUT2D eigenvalue weighted by Crippen LogP contribution is 2.12. The summed E-state index contributed by atoms with van der Waals surface area (Å²) in [5.74, 6) is 0.504. The number of halogens is 1. The normalized spacial score (nSPS) is 10.3. The molecule has 106 valence electrons. The maximum absolute atomic E-state index is 11.8. The Hall–Kier alpha value is -1.61. The molecule has 2 rings (SSSR count). The second-order valence-corrected chi connectivity index (χ2v) is 5.29. The number of amides is 2. The number of hydrogen-bond donors (Lipinski definition) is 2. The average molecular weight is 386 g/mol. The van der Waals surface area contributed by atoms with Gasteiger partial charge in [-0.3, -0.25) is 10.00 Å². The fraction of sp³-hybridized carbons (Fsp3) is 0.231. The summed E-state index contributed by atoms with van der Waals surface area (Å²) >= 11 is 2.19. The first-order chi connectivity index (χ1) is 9.67. The van der Waals surface area contributed by atoms with Gasteiger partial charge >= 0.3 is 6.03 Å². The molecule has 20 heavy (non-hydrogen) atoms. The molecule has 0 radical (unpaired) electrons. The quantitative estimate of drug-likeness (QED) is 0.777. The van der Waals surface area contributed by atoms with Gasteiger partial charge in [0.15, 0.2) is 5.82 Å². The topological polar surface area (TPSA) is 68.2 Å². The molecule has 0 saturated heterocycles. The number of aromatic nitrogens is 2. The fourth-order valence-electron chi connectivity index (χ4n) is 1.58. The van der Waals surface area contributed by atoms with Crippen molar-refractivity contribution in [2.24, 2.45) is 0 Å². The molecule has 0 saturated carbocycles. The maximum atomic E-state index is 11.8. The van der Waals surface area contributed by atoms with Crippen LogP contribution in [0, 0.1) is 3.57 Å². The van der Waals surface area contributed by atoms with Gasteiger partial charge in [0, 0.05) is 28.6 Å². The van der Waals surface area contributed by atoms with Crippen LogP contribution in [0.2, 0.25) is 0 Å². The van der Waals surface area contributed by atoms with Crippen LogP contribution in [0.3, 0.4) is 0 Å². The summed E-state index contributed by atoms with van der Waals surface area (Å²) in [4.78, 5) is 11.8. The van der Waals surface area contributed by atoms with Crippen molar-refractivity contribution in [3.05, 3.63) is 40.1 Å². The van der Waals surface area contributed by atoms with Crippen molar-refractivity contribution in [2.75, 3.05) is 24.4 Å². The first-order valence-corrected chi connectivity index (χ1v) is 7.11. The molecule has 0 spiro atoms. The third-order valence-electron chi connectivity index (χ3n) is 2.49. The van der Waals surface area contributed by atoms with Crippen molar-refractivity contribution in [2.45, 2.75) is 6.54 Å². The molecule has 0 atom stereocenters. The molecule has 0 aliphatic heterocycles. The predicted molar refractivity (Wildman–Crippen MR) is 85.9 cm³/mol. The number of urea groups is 1. The fourth-order valence-corrected chi connectivity index (χ4v) is 2.13. The predicted octanol–water partition coefficient (Wildman–Crippen LogP) is 2.78. The maximum Gasteiger partial charge on any atom is 0.324 e. The van der Waals surface area contributed by atoms with Gasteiger partial charge in [-0.2, -0.15) is 5.10 Å². The van der Waals surface area contributed by atoms with Gasteiger partial charge in [-0.1, -0.05) is 6.07 Å². The Morgan fingerprint density at radius 1 is 1.40 bits per heavy atom. The van der Waals surface area contributed by atoms with Gasteiger partial charge in [-0.15, -0.1) is 0 Å². The molecule has 6 nitrogen and oxygen atoms in total. The van der Waals surface area contributed by atoms with Crippen LogP contribution < -0.4 is 10.6 Å². The van der Waals surface area contributed by atoms with Crippen LogP contribution in [-0.2, 0) is 11.3 Å². The van der Waals surface area contributed by atoms with E-state index in [1.165, 1.54) is 0 Å². The first-order valence-electron chi connectivity index (χ1n) is 6.03. The van der Waals surface area contributed by atoms with E-state index in [1.54, 1.807) is 24.1 Å². The standard InChI is InChI=1S/C13H15IN4O2/c1-20-8-7-18-6-5-12(17-18)16-13(19)15-11-4-2-3-10(14)9-11/h2-6,9H,7-8H2,1H3,(H2,15,16,17,19). The number of rotatable bonds is 5. The molecule has 1 aromatic carbocycles. The molecule has 0 aliphatic carbocycles. The summed E-state index contributed by atoms with van der Waals surface area (Å²) < 4.78 is 7.74. The van der Waals surface area contributed by atoms with Crippen molar-refractivity contribution in [1.29, 1.82) is 0 Å². The monoisotopic (exact) mass is 386 g/mol. The molecule has 0 bridgehead atoms. The minimum atomic E-state index is -0.316. The number of nitrogens with one attached hydrogen (secondary N) is 2. The van der Waals surface area contributed by atoms with Gasteiger partial charge in [0.1, 0.15) is 0 Å². The van der Waals surface area contributed by atoms with E-state index in [0.717, 1.165) is 9.26 Å². The minimum Gasteiger partial charge on any atom is -0.383 e. The van der Waals surface area contributed by atoms with Gasteiger partial charge in [0.05, 0.1) is 13.2 Å². The lowest BCUT2D eigenvalue weighted by Gasteiger charge is -2.06. The molecular formula is C13H15IN4O2. The number of carbonyl (C=O) groups is 1. The molecule has 0 aliphatic rings. The van der Waals surface area contributed by atoms with Crippen LogP contribution in [0.1, 0.15) is 0 Å². The van der Waals surface area contributed by atoms with E-state index in [4.69, 9.17) is 4.74 Å². The number of carbonyl (C=O) groups excluding carboxylic acids is 1. The Bertz CT molecular complexity index is 585. The number of anilines is 2. The van der Waals surface area contributed by atoms with Crippen molar-refractivity contribution in [3.8, 4) is 0 Å². The smallest absolute Gasteiger partial charge is 0.324 e. The number of ether oxygens (including phenoxy) is 1. The second kappa shape index (κ2) is 7.25. The van der Waals surface area contributed by atoms with E-state index >= 15 is 0 Å². The minimum absolute atomic E-state index is 0.316. The zero-order valence-electron chi connectivity index (χ0n) is 11.0. The third-order valence-corrected chi connectivity index (χ3v) is 3.16. The molecule has 2 amide bonds. The Labute approximate surface area is 130 Å². The molecule has 1 aromatic heterocycles. The number of methoxy groups -OCH3 is 1. The van der Waals surface area contributed by atoms with Crippen molar-refractivity contribution < 1.29 is 9.53 Å². The van der Waals surface area contributed by atoms with E-state index in [2.05, 4.69) is 38.3 Å². The van der Waals surface area contributed by atoms with Crippen LogP contribution in [0.25, 0.3) is 0 Å². The Kier molecular flexibility index (Phi) is 5.36.